The van der Waals surface area contributed by atoms with Gasteiger partial charge in [0.15, 0.2) is 0 Å². The number of alkyl halides is 3. The first-order chi connectivity index (χ1) is 15.7. The standard InChI is InChI=1S/C23H21F3N2O5/c24-23(25,26)19(12-21(30)31)28-20(29)10-5-11-27-22(32)33-13-18-16-8-3-1-6-14(16)15-7-2-4-9-17(15)18/h1-10,18-19H,11-13H2,(H,27,32)(H,28,29)(H,30,31)/b10-5+. The van der Waals surface area contributed by atoms with Crippen molar-refractivity contribution in [2.45, 2.75) is 24.6 Å². The molecular weight excluding hydrogens is 441 g/mol. The molecule has 0 saturated carbocycles. The largest absolute Gasteiger partial charge is 0.481 e. The van der Waals surface area contributed by atoms with E-state index in [1.54, 1.807) is 5.32 Å². The van der Waals surface area contributed by atoms with E-state index in [2.05, 4.69) is 5.32 Å². The number of alkyl carbamates (subject to hydrolysis) is 1. The van der Waals surface area contributed by atoms with Crippen LogP contribution >= 0.6 is 0 Å². The van der Waals surface area contributed by atoms with Gasteiger partial charge in [-0.1, -0.05) is 54.6 Å². The maximum atomic E-state index is 12.8. The molecule has 0 saturated heterocycles. The number of hydrogen-bond acceptors (Lipinski definition) is 4. The topological polar surface area (TPSA) is 105 Å². The Morgan fingerprint density at radius 2 is 1.61 bits per heavy atom. The minimum atomic E-state index is -4.90. The first kappa shape index (κ1) is 23.8. The fraction of sp³-hybridized carbons (Fsp3) is 0.261. The van der Waals surface area contributed by atoms with Gasteiger partial charge < -0.3 is 20.5 Å². The van der Waals surface area contributed by atoms with E-state index in [1.165, 1.54) is 0 Å². The van der Waals surface area contributed by atoms with Crippen LogP contribution in [-0.4, -0.2) is 48.4 Å². The highest BCUT2D eigenvalue weighted by Crippen LogP contribution is 2.44. The Labute approximate surface area is 187 Å². The summed E-state index contributed by atoms with van der Waals surface area (Å²) in [4.78, 5) is 34.2. The predicted molar refractivity (Wildman–Crippen MR) is 112 cm³/mol. The van der Waals surface area contributed by atoms with Gasteiger partial charge in [0, 0.05) is 18.5 Å². The van der Waals surface area contributed by atoms with E-state index in [0.717, 1.165) is 34.4 Å². The zero-order valence-corrected chi connectivity index (χ0v) is 17.3. The lowest BCUT2D eigenvalue weighted by atomic mass is 9.98. The Bertz CT molecular complexity index is 1020. The van der Waals surface area contributed by atoms with Gasteiger partial charge in [-0.25, -0.2) is 4.79 Å². The number of amides is 2. The van der Waals surface area contributed by atoms with Crippen molar-refractivity contribution in [2.75, 3.05) is 13.2 Å². The van der Waals surface area contributed by atoms with E-state index < -0.39 is 36.6 Å². The van der Waals surface area contributed by atoms with Crippen LogP contribution in [0.1, 0.15) is 23.5 Å². The maximum Gasteiger partial charge on any atom is 0.409 e. The molecule has 0 aromatic heterocycles. The molecule has 0 heterocycles. The lowest BCUT2D eigenvalue weighted by molar-refractivity contribution is -0.169. The molecule has 0 fully saturated rings. The van der Waals surface area contributed by atoms with Crippen LogP contribution in [0, 0.1) is 0 Å². The summed E-state index contributed by atoms with van der Waals surface area (Å²) < 4.78 is 43.6. The molecule has 0 radical (unpaired) electrons. The molecule has 1 unspecified atom stereocenters. The van der Waals surface area contributed by atoms with Crippen LogP contribution in [0.3, 0.4) is 0 Å². The molecule has 0 aliphatic heterocycles. The molecule has 2 aromatic carbocycles. The van der Waals surface area contributed by atoms with Gasteiger partial charge in [-0.05, 0) is 22.3 Å². The predicted octanol–water partition coefficient (Wildman–Crippen LogP) is 3.60. The number of carboxylic acid groups (broad SMARTS) is 1. The van der Waals surface area contributed by atoms with Crippen LogP contribution in [0.25, 0.3) is 11.1 Å². The molecule has 7 nitrogen and oxygen atoms in total. The van der Waals surface area contributed by atoms with E-state index in [9.17, 15) is 27.6 Å². The average molecular weight is 462 g/mol. The van der Waals surface area contributed by atoms with E-state index in [1.807, 2.05) is 48.5 Å². The van der Waals surface area contributed by atoms with Crippen LogP contribution in [0.15, 0.2) is 60.7 Å². The van der Waals surface area contributed by atoms with Crippen molar-refractivity contribution in [1.82, 2.24) is 10.6 Å². The minimum Gasteiger partial charge on any atom is -0.481 e. The fourth-order valence-corrected chi connectivity index (χ4v) is 3.60. The van der Waals surface area contributed by atoms with Gasteiger partial charge in [0.2, 0.25) is 5.91 Å². The van der Waals surface area contributed by atoms with E-state index >= 15 is 0 Å². The molecule has 174 valence electrons. The van der Waals surface area contributed by atoms with Crippen molar-refractivity contribution < 1.29 is 37.4 Å². The zero-order chi connectivity index (χ0) is 24.0. The van der Waals surface area contributed by atoms with Crippen molar-refractivity contribution in [3.8, 4) is 11.1 Å². The van der Waals surface area contributed by atoms with E-state index in [0.29, 0.717) is 0 Å². The third-order valence-electron chi connectivity index (χ3n) is 5.07. The van der Waals surface area contributed by atoms with E-state index in [-0.39, 0.29) is 19.1 Å². The van der Waals surface area contributed by atoms with Gasteiger partial charge in [-0.15, -0.1) is 0 Å². The van der Waals surface area contributed by atoms with Crippen LogP contribution in [-0.2, 0) is 14.3 Å². The number of ether oxygens (including phenoxy) is 1. The Morgan fingerprint density at radius 3 is 2.15 bits per heavy atom. The number of fused-ring (bicyclic) bond motifs is 3. The number of hydrogen-bond donors (Lipinski definition) is 3. The molecule has 1 atom stereocenters. The Balaban J connectivity index is 1.48. The maximum absolute atomic E-state index is 12.8. The molecular formula is C23H21F3N2O5. The van der Waals surface area contributed by atoms with Gasteiger partial charge in [0.25, 0.3) is 0 Å². The summed E-state index contributed by atoms with van der Waals surface area (Å²) in [5.74, 6) is -2.95. The molecule has 0 spiro atoms. The monoisotopic (exact) mass is 462 g/mol. The van der Waals surface area contributed by atoms with Crippen LogP contribution in [0.5, 0.6) is 0 Å². The smallest absolute Gasteiger partial charge is 0.409 e. The third kappa shape index (κ3) is 6.12. The Hall–Kier alpha value is -3.82. The SMILES string of the molecule is O=C(O)CC(NC(=O)/C=C/CNC(=O)OCC1c2ccccc2-c2ccccc21)C(F)(F)F. The summed E-state index contributed by atoms with van der Waals surface area (Å²) in [6.07, 6.45) is -5.03. The van der Waals surface area contributed by atoms with Crippen molar-refractivity contribution in [3.05, 3.63) is 71.8 Å². The number of carbonyl (C=O) groups is 3. The molecule has 10 heteroatoms. The number of nitrogens with one attached hydrogen (secondary N) is 2. The summed E-state index contributed by atoms with van der Waals surface area (Å²) in [7, 11) is 0. The average Bonchev–Trinajstić information content (AvgIpc) is 3.08. The first-order valence-electron chi connectivity index (χ1n) is 10.0. The Kier molecular flexibility index (Phi) is 7.37. The molecule has 1 aliphatic carbocycles. The summed E-state index contributed by atoms with van der Waals surface area (Å²) >= 11 is 0. The second-order valence-electron chi connectivity index (χ2n) is 7.31. The zero-order valence-electron chi connectivity index (χ0n) is 17.3. The number of carboxylic acids is 1. The summed E-state index contributed by atoms with van der Waals surface area (Å²) in [6, 6.07) is 13.1. The molecule has 1 aliphatic rings. The quantitative estimate of drug-likeness (QED) is 0.520. The Morgan fingerprint density at radius 1 is 1.03 bits per heavy atom. The number of halogens is 3. The fourth-order valence-electron chi connectivity index (χ4n) is 3.60. The highest BCUT2D eigenvalue weighted by atomic mass is 19.4. The van der Waals surface area contributed by atoms with E-state index in [4.69, 9.17) is 9.84 Å². The molecule has 33 heavy (non-hydrogen) atoms. The van der Waals surface area contributed by atoms with Gasteiger partial charge in [0.05, 0.1) is 6.42 Å². The molecule has 3 rings (SSSR count). The van der Waals surface area contributed by atoms with Crippen molar-refractivity contribution in [3.63, 3.8) is 0 Å². The molecule has 0 bridgehead atoms. The van der Waals surface area contributed by atoms with Crippen molar-refractivity contribution in [1.29, 1.82) is 0 Å². The first-order valence-corrected chi connectivity index (χ1v) is 10.0. The second kappa shape index (κ2) is 10.2. The molecule has 3 N–H and O–H groups in total. The lowest BCUT2D eigenvalue weighted by Gasteiger charge is -2.19. The van der Waals surface area contributed by atoms with Crippen LogP contribution in [0.4, 0.5) is 18.0 Å². The lowest BCUT2D eigenvalue weighted by Crippen LogP contribution is -2.46. The number of carbonyl (C=O) groups excluding carboxylic acids is 2. The van der Waals surface area contributed by atoms with Gasteiger partial charge in [-0.2, -0.15) is 13.2 Å². The highest BCUT2D eigenvalue weighted by molar-refractivity contribution is 5.88. The number of rotatable bonds is 8. The summed E-state index contributed by atoms with van der Waals surface area (Å²) in [5, 5.41) is 12.5. The molecule has 2 aromatic rings. The normalized spacial score (nSPS) is 13.8. The third-order valence-corrected chi connectivity index (χ3v) is 5.07. The van der Waals surface area contributed by atoms with Gasteiger partial charge >= 0.3 is 18.2 Å². The van der Waals surface area contributed by atoms with Crippen molar-refractivity contribution >= 4 is 18.0 Å². The van der Waals surface area contributed by atoms with Gasteiger partial charge in [0.1, 0.15) is 12.6 Å². The second-order valence-corrected chi connectivity index (χ2v) is 7.31. The van der Waals surface area contributed by atoms with Crippen LogP contribution in [0.2, 0.25) is 0 Å². The highest BCUT2D eigenvalue weighted by Gasteiger charge is 2.41. The van der Waals surface area contributed by atoms with Gasteiger partial charge in [-0.3, -0.25) is 9.59 Å². The summed E-state index contributed by atoms with van der Waals surface area (Å²) in [6.45, 7) is -0.0772. The molecule has 2 amide bonds. The number of benzene rings is 2. The van der Waals surface area contributed by atoms with Crippen LogP contribution < -0.4 is 10.6 Å². The number of aliphatic carboxylic acids is 1. The summed E-state index contributed by atoms with van der Waals surface area (Å²) in [5.41, 5.74) is 4.25. The van der Waals surface area contributed by atoms with Crippen molar-refractivity contribution in [2.24, 2.45) is 0 Å². The minimum absolute atomic E-state index is 0.0898.